The molecule has 6 nitrogen and oxygen atoms in total. The van der Waals surface area contributed by atoms with E-state index in [4.69, 9.17) is 23.7 Å². The highest BCUT2D eigenvalue weighted by Crippen LogP contribution is 2.40. The number of hydrogen-bond donors (Lipinski definition) is 0. The molecule has 3 aliphatic heterocycles. The Morgan fingerprint density at radius 2 is 2.12 bits per heavy atom. The lowest BCUT2D eigenvalue weighted by molar-refractivity contribution is -0.378. The predicted octanol–water partition coefficient (Wildman–Crippen LogP) is -0.195. The number of rotatable bonds is 1. The average Bonchev–Trinajstić information content (AvgIpc) is 2.71. The van der Waals surface area contributed by atoms with E-state index >= 15 is 0 Å². The van der Waals surface area contributed by atoms with Gasteiger partial charge in [-0.3, -0.25) is 4.79 Å². The van der Waals surface area contributed by atoms with Crippen LogP contribution in [0.25, 0.3) is 0 Å². The molecule has 6 heteroatoms. The second kappa shape index (κ2) is 3.40. The number of carbonyl (C=O) groups excluding carboxylic acids is 1. The molecule has 0 amide bonds. The highest BCUT2D eigenvalue weighted by atomic mass is 16.9. The number of esters is 1. The molecule has 16 heavy (non-hydrogen) atoms. The van der Waals surface area contributed by atoms with Gasteiger partial charge in [-0.2, -0.15) is 0 Å². The monoisotopic (exact) mass is 230 g/mol. The molecule has 2 bridgehead atoms. The second-order valence-electron chi connectivity index (χ2n) is 4.36. The van der Waals surface area contributed by atoms with Gasteiger partial charge in [0.15, 0.2) is 6.10 Å². The summed E-state index contributed by atoms with van der Waals surface area (Å²) < 4.78 is 27.3. The Morgan fingerprint density at radius 1 is 1.31 bits per heavy atom. The summed E-state index contributed by atoms with van der Waals surface area (Å²) in [6.45, 7) is 3.89. The van der Waals surface area contributed by atoms with Gasteiger partial charge in [0.25, 0.3) is 5.97 Å². The predicted molar refractivity (Wildman–Crippen MR) is 49.4 cm³/mol. The second-order valence-corrected chi connectivity index (χ2v) is 4.36. The molecule has 0 aliphatic carbocycles. The summed E-state index contributed by atoms with van der Waals surface area (Å²) in [5.74, 6) is -1.35. The maximum atomic E-state index is 10.9. The first-order chi connectivity index (χ1) is 7.57. The van der Waals surface area contributed by atoms with Crippen molar-refractivity contribution in [3.8, 4) is 0 Å². The number of carbonyl (C=O) groups is 1. The number of ether oxygens (including phenoxy) is 5. The van der Waals surface area contributed by atoms with E-state index in [0.717, 1.165) is 0 Å². The first kappa shape index (κ1) is 10.5. The molecule has 90 valence electrons. The van der Waals surface area contributed by atoms with Gasteiger partial charge in [0.2, 0.25) is 0 Å². The van der Waals surface area contributed by atoms with Crippen molar-refractivity contribution in [1.29, 1.82) is 0 Å². The van der Waals surface area contributed by atoms with E-state index in [1.54, 1.807) is 6.92 Å². The fourth-order valence-electron chi connectivity index (χ4n) is 2.43. The topological polar surface area (TPSA) is 63.2 Å². The number of hydrogen-bond acceptors (Lipinski definition) is 6. The maximum absolute atomic E-state index is 10.9. The van der Waals surface area contributed by atoms with Crippen molar-refractivity contribution in [3.05, 3.63) is 0 Å². The fourth-order valence-corrected chi connectivity index (χ4v) is 2.43. The Hall–Kier alpha value is -0.690. The molecule has 0 aromatic heterocycles. The molecule has 5 atom stereocenters. The molecule has 3 rings (SSSR count). The van der Waals surface area contributed by atoms with Crippen LogP contribution >= 0.6 is 0 Å². The summed E-state index contributed by atoms with van der Waals surface area (Å²) in [5.41, 5.74) is 0. The summed E-state index contributed by atoms with van der Waals surface area (Å²) in [4.78, 5) is 10.9. The molecule has 0 radical (unpaired) electrons. The molecule has 3 aliphatic rings. The lowest BCUT2D eigenvalue weighted by Gasteiger charge is -2.36. The fraction of sp³-hybridized carbons (Fsp3) is 0.900. The van der Waals surface area contributed by atoms with Crippen LogP contribution in [0.3, 0.4) is 0 Å². The van der Waals surface area contributed by atoms with Crippen LogP contribution in [0.15, 0.2) is 0 Å². The van der Waals surface area contributed by atoms with Crippen LogP contribution in [0, 0.1) is 0 Å². The van der Waals surface area contributed by atoms with Gasteiger partial charge in [-0.05, 0) is 0 Å². The van der Waals surface area contributed by atoms with Gasteiger partial charge in [-0.25, -0.2) is 0 Å². The SMILES string of the molecule is CC(=O)O[C@H]1CO[C@H]2[C@@H]1OC1(C)OC[C@H]2O1. The lowest BCUT2D eigenvalue weighted by Crippen LogP contribution is -2.52. The highest BCUT2D eigenvalue weighted by Gasteiger charge is 2.58. The largest absolute Gasteiger partial charge is 0.457 e. The van der Waals surface area contributed by atoms with Crippen molar-refractivity contribution in [2.24, 2.45) is 0 Å². The van der Waals surface area contributed by atoms with E-state index in [-0.39, 0.29) is 30.4 Å². The first-order valence-corrected chi connectivity index (χ1v) is 5.36. The zero-order valence-electron chi connectivity index (χ0n) is 9.17. The van der Waals surface area contributed by atoms with Crippen molar-refractivity contribution in [3.63, 3.8) is 0 Å². The van der Waals surface area contributed by atoms with Crippen molar-refractivity contribution in [2.75, 3.05) is 13.2 Å². The van der Waals surface area contributed by atoms with Crippen LogP contribution in [-0.2, 0) is 28.5 Å². The van der Waals surface area contributed by atoms with E-state index < -0.39 is 5.97 Å². The van der Waals surface area contributed by atoms with Crippen molar-refractivity contribution >= 4 is 5.97 Å². The van der Waals surface area contributed by atoms with Gasteiger partial charge in [0.1, 0.15) is 18.3 Å². The maximum Gasteiger partial charge on any atom is 0.303 e. The summed E-state index contributed by atoms with van der Waals surface area (Å²) in [7, 11) is 0. The van der Waals surface area contributed by atoms with Crippen LogP contribution < -0.4 is 0 Å². The molecule has 3 saturated heterocycles. The van der Waals surface area contributed by atoms with Crippen LogP contribution in [-0.4, -0.2) is 49.6 Å². The summed E-state index contributed by atoms with van der Waals surface area (Å²) >= 11 is 0. The van der Waals surface area contributed by atoms with E-state index in [1.807, 2.05) is 0 Å². The summed E-state index contributed by atoms with van der Waals surface area (Å²) in [6, 6.07) is 0. The minimum absolute atomic E-state index is 0.135. The normalized spacial score (nSPS) is 50.1. The molecular formula is C10H14O6. The van der Waals surface area contributed by atoms with Gasteiger partial charge in [-0.15, -0.1) is 0 Å². The van der Waals surface area contributed by atoms with E-state index in [9.17, 15) is 4.79 Å². The van der Waals surface area contributed by atoms with E-state index in [0.29, 0.717) is 13.2 Å². The zero-order chi connectivity index (χ0) is 11.3. The van der Waals surface area contributed by atoms with Gasteiger partial charge in [0.05, 0.1) is 13.2 Å². The van der Waals surface area contributed by atoms with Crippen LogP contribution in [0.1, 0.15) is 13.8 Å². The molecule has 3 heterocycles. The molecule has 0 spiro atoms. The minimum atomic E-state index is -1.02. The Labute approximate surface area is 92.7 Å². The summed E-state index contributed by atoms with van der Waals surface area (Å²) in [6.07, 6.45) is -1.01. The molecule has 0 aromatic carbocycles. The first-order valence-electron chi connectivity index (χ1n) is 5.36. The number of fused-ring (bicyclic) bond motifs is 4. The third-order valence-electron chi connectivity index (χ3n) is 3.05. The Balaban J connectivity index is 1.77. The Bertz CT molecular complexity index is 318. The van der Waals surface area contributed by atoms with Gasteiger partial charge in [-0.1, -0.05) is 0 Å². The average molecular weight is 230 g/mol. The highest BCUT2D eigenvalue weighted by molar-refractivity contribution is 5.66. The zero-order valence-corrected chi connectivity index (χ0v) is 9.17. The van der Waals surface area contributed by atoms with Crippen LogP contribution in [0.5, 0.6) is 0 Å². The van der Waals surface area contributed by atoms with Gasteiger partial charge >= 0.3 is 5.97 Å². The van der Waals surface area contributed by atoms with Crippen molar-refractivity contribution in [2.45, 2.75) is 44.2 Å². The van der Waals surface area contributed by atoms with Crippen LogP contribution in [0.4, 0.5) is 0 Å². The van der Waals surface area contributed by atoms with E-state index in [2.05, 4.69) is 0 Å². The van der Waals surface area contributed by atoms with Gasteiger partial charge in [0, 0.05) is 13.8 Å². The van der Waals surface area contributed by atoms with Crippen LogP contribution in [0.2, 0.25) is 0 Å². The summed E-state index contributed by atoms with van der Waals surface area (Å²) in [5, 5.41) is 0. The smallest absolute Gasteiger partial charge is 0.303 e. The molecule has 0 saturated carbocycles. The molecule has 3 fully saturated rings. The molecular weight excluding hydrogens is 216 g/mol. The molecule has 1 unspecified atom stereocenters. The van der Waals surface area contributed by atoms with Crippen molar-refractivity contribution in [1.82, 2.24) is 0 Å². The Morgan fingerprint density at radius 3 is 2.88 bits per heavy atom. The quantitative estimate of drug-likeness (QED) is 0.581. The van der Waals surface area contributed by atoms with E-state index in [1.165, 1.54) is 6.92 Å². The lowest BCUT2D eigenvalue weighted by atomic mass is 10.1. The third-order valence-corrected chi connectivity index (χ3v) is 3.05. The molecule has 0 N–H and O–H groups in total. The minimum Gasteiger partial charge on any atom is -0.457 e. The standard InChI is InChI=1S/C10H14O6/c1-5(11)14-6-3-12-8-7-4-13-10(2,15-7)16-9(6)8/h6-9H,3-4H2,1-2H3/t6-,7+,8+,9+,10?/m0/s1. The Kier molecular flexibility index (Phi) is 2.22. The van der Waals surface area contributed by atoms with Gasteiger partial charge < -0.3 is 23.7 Å². The molecule has 0 aromatic rings. The third kappa shape index (κ3) is 1.53. The van der Waals surface area contributed by atoms with Crippen molar-refractivity contribution < 1.29 is 28.5 Å².